The van der Waals surface area contributed by atoms with E-state index in [1.165, 1.54) is 30.5 Å². The van der Waals surface area contributed by atoms with Gasteiger partial charge >= 0.3 is 0 Å². The number of aliphatic imine (C=N–C) groups is 1. The minimum absolute atomic E-state index is 0.235. The van der Waals surface area contributed by atoms with E-state index in [1.54, 1.807) is 18.3 Å². The topological polar surface area (TPSA) is 70.1 Å². The first-order chi connectivity index (χ1) is 14.2. The number of fused-ring (bicyclic) bond motifs is 1. The van der Waals surface area contributed by atoms with E-state index < -0.39 is 0 Å². The monoisotopic (exact) mass is 390 g/mol. The van der Waals surface area contributed by atoms with Crippen LogP contribution in [0.3, 0.4) is 0 Å². The molecule has 0 saturated heterocycles. The Labute approximate surface area is 169 Å². The lowest BCUT2D eigenvalue weighted by Crippen LogP contribution is -2.31. The summed E-state index contributed by atoms with van der Waals surface area (Å²) in [6, 6.07) is 6.44. The Hall–Kier alpha value is -2.93. The first kappa shape index (κ1) is 18.1. The lowest BCUT2D eigenvalue weighted by atomic mass is 10.1. The summed E-state index contributed by atoms with van der Waals surface area (Å²) < 4.78 is 13.1. The highest BCUT2D eigenvalue weighted by molar-refractivity contribution is 5.97. The van der Waals surface area contributed by atoms with Gasteiger partial charge in [0.25, 0.3) is 0 Å². The molecule has 0 radical (unpaired) electrons. The molecule has 5 rings (SSSR count). The van der Waals surface area contributed by atoms with Gasteiger partial charge in [-0.1, -0.05) is 0 Å². The third-order valence-electron chi connectivity index (χ3n) is 5.55. The van der Waals surface area contributed by atoms with Crippen molar-refractivity contribution in [1.82, 2.24) is 24.8 Å². The van der Waals surface area contributed by atoms with E-state index in [2.05, 4.69) is 24.8 Å². The summed E-state index contributed by atoms with van der Waals surface area (Å²) in [5.41, 5.74) is 5.22. The summed E-state index contributed by atoms with van der Waals surface area (Å²) in [4.78, 5) is 24.2. The largest absolute Gasteiger partial charge is 0.341 e. The maximum absolute atomic E-state index is 13.1. The standard InChI is InChI=1S/C22H23FN6/c23-17-6-4-15(5-7-17)20-12-25-21(27-20)14-29-10-8-18-16(13-29)11-26-22(28-18)19-3-1-2-9-24-19/h4-7,11-12H,1-3,8-10,13-14H2,(H,25,27). The Morgan fingerprint density at radius 2 is 1.93 bits per heavy atom. The van der Waals surface area contributed by atoms with Gasteiger partial charge in [0.1, 0.15) is 11.6 Å². The Bertz CT molecular complexity index is 1040. The molecule has 0 fully saturated rings. The molecule has 1 aromatic carbocycles. The molecule has 2 aliphatic heterocycles. The van der Waals surface area contributed by atoms with Crippen LogP contribution in [0.1, 0.15) is 42.2 Å². The van der Waals surface area contributed by atoms with Crippen LogP contribution >= 0.6 is 0 Å². The van der Waals surface area contributed by atoms with Crippen molar-refractivity contribution in [3.05, 3.63) is 65.4 Å². The van der Waals surface area contributed by atoms with Gasteiger partial charge in [-0.05, 0) is 49.1 Å². The number of aromatic nitrogens is 4. The van der Waals surface area contributed by atoms with E-state index >= 15 is 0 Å². The van der Waals surface area contributed by atoms with E-state index in [9.17, 15) is 4.39 Å². The number of H-pyrrole nitrogens is 1. The molecule has 0 atom stereocenters. The zero-order valence-electron chi connectivity index (χ0n) is 16.2. The first-order valence-electron chi connectivity index (χ1n) is 10.2. The highest BCUT2D eigenvalue weighted by Crippen LogP contribution is 2.21. The fourth-order valence-corrected chi connectivity index (χ4v) is 3.96. The average Bonchev–Trinajstić information content (AvgIpc) is 3.23. The second kappa shape index (κ2) is 7.83. The molecule has 2 aromatic heterocycles. The number of hydrogen-bond acceptors (Lipinski definition) is 5. The number of halogens is 1. The molecule has 29 heavy (non-hydrogen) atoms. The van der Waals surface area contributed by atoms with E-state index in [1.807, 2.05) is 6.20 Å². The Morgan fingerprint density at radius 3 is 2.76 bits per heavy atom. The second-order valence-electron chi connectivity index (χ2n) is 7.66. The molecular weight excluding hydrogens is 367 g/mol. The lowest BCUT2D eigenvalue weighted by Gasteiger charge is -2.27. The van der Waals surface area contributed by atoms with E-state index in [-0.39, 0.29) is 5.82 Å². The molecule has 1 N–H and O–H groups in total. The number of aromatic amines is 1. The van der Waals surface area contributed by atoms with Crippen LogP contribution < -0.4 is 0 Å². The average molecular weight is 390 g/mol. The predicted molar refractivity (Wildman–Crippen MR) is 109 cm³/mol. The van der Waals surface area contributed by atoms with Crippen LogP contribution in [0.4, 0.5) is 4.39 Å². The van der Waals surface area contributed by atoms with Crippen molar-refractivity contribution >= 4 is 5.71 Å². The molecule has 7 heteroatoms. The maximum atomic E-state index is 13.1. The molecule has 0 spiro atoms. The van der Waals surface area contributed by atoms with Gasteiger partial charge in [-0.2, -0.15) is 0 Å². The van der Waals surface area contributed by atoms with Crippen LogP contribution in [-0.4, -0.2) is 43.6 Å². The van der Waals surface area contributed by atoms with Crippen molar-refractivity contribution in [2.24, 2.45) is 4.99 Å². The molecule has 3 aromatic rings. The minimum atomic E-state index is -0.235. The zero-order valence-corrected chi connectivity index (χ0v) is 16.2. The van der Waals surface area contributed by atoms with Crippen LogP contribution in [0.15, 0.2) is 41.7 Å². The fourth-order valence-electron chi connectivity index (χ4n) is 3.96. The molecule has 148 valence electrons. The highest BCUT2D eigenvalue weighted by atomic mass is 19.1. The van der Waals surface area contributed by atoms with E-state index in [0.29, 0.717) is 0 Å². The number of hydrogen-bond donors (Lipinski definition) is 1. The molecular formula is C22H23FN6. The van der Waals surface area contributed by atoms with Crippen molar-refractivity contribution in [2.45, 2.75) is 38.8 Å². The van der Waals surface area contributed by atoms with Gasteiger partial charge in [0.05, 0.1) is 29.8 Å². The van der Waals surface area contributed by atoms with Crippen LogP contribution in [0.2, 0.25) is 0 Å². The van der Waals surface area contributed by atoms with Gasteiger partial charge in [-0.25, -0.2) is 19.3 Å². The van der Waals surface area contributed by atoms with Gasteiger partial charge in [-0.3, -0.25) is 9.89 Å². The molecule has 4 heterocycles. The molecule has 0 saturated carbocycles. The molecule has 0 bridgehead atoms. The third kappa shape index (κ3) is 3.96. The van der Waals surface area contributed by atoms with Crippen molar-refractivity contribution in [3.8, 4) is 11.3 Å². The number of imidazole rings is 1. The smallest absolute Gasteiger partial charge is 0.173 e. The van der Waals surface area contributed by atoms with Gasteiger partial charge in [0, 0.05) is 37.8 Å². The summed E-state index contributed by atoms with van der Waals surface area (Å²) in [6.07, 6.45) is 8.01. The Kier molecular flexibility index (Phi) is 4.89. The van der Waals surface area contributed by atoms with Gasteiger partial charge in [0.15, 0.2) is 5.82 Å². The normalized spacial score (nSPS) is 17.1. The van der Waals surface area contributed by atoms with E-state index in [4.69, 9.17) is 4.98 Å². The summed E-state index contributed by atoms with van der Waals surface area (Å²) in [6.45, 7) is 3.37. The van der Waals surface area contributed by atoms with Crippen LogP contribution in [0.5, 0.6) is 0 Å². The van der Waals surface area contributed by atoms with Crippen LogP contribution in [0.25, 0.3) is 11.3 Å². The summed E-state index contributed by atoms with van der Waals surface area (Å²) in [7, 11) is 0. The van der Waals surface area contributed by atoms with Gasteiger partial charge in [0.2, 0.25) is 0 Å². The molecule has 0 aliphatic carbocycles. The summed E-state index contributed by atoms with van der Waals surface area (Å²) in [5, 5.41) is 0. The SMILES string of the molecule is Fc1ccc(-c2cnc(CN3CCc4nc(C5=NCCCC5)ncc4C3)[nH]2)cc1. The lowest BCUT2D eigenvalue weighted by molar-refractivity contribution is 0.237. The van der Waals surface area contributed by atoms with Crippen molar-refractivity contribution in [3.63, 3.8) is 0 Å². The van der Waals surface area contributed by atoms with Crippen molar-refractivity contribution in [2.75, 3.05) is 13.1 Å². The Balaban J connectivity index is 1.27. The number of benzene rings is 1. The Morgan fingerprint density at radius 1 is 1.03 bits per heavy atom. The molecule has 0 unspecified atom stereocenters. The van der Waals surface area contributed by atoms with Crippen LogP contribution in [-0.2, 0) is 19.5 Å². The highest BCUT2D eigenvalue weighted by Gasteiger charge is 2.21. The van der Waals surface area contributed by atoms with Crippen LogP contribution in [0, 0.1) is 5.82 Å². The quantitative estimate of drug-likeness (QED) is 0.740. The maximum Gasteiger partial charge on any atom is 0.173 e. The second-order valence-corrected chi connectivity index (χ2v) is 7.66. The summed E-state index contributed by atoms with van der Waals surface area (Å²) in [5.74, 6) is 1.48. The van der Waals surface area contributed by atoms with E-state index in [0.717, 1.165) is 73.3 Å². The number of nitrogens with zero attached hydrogens (tertiary/aromatic N) is 5. The number of nitrogens with one attached hydrogen (secondary N) is 1. The number of rotatable bonds is 4. The predicted octanol–water partition coefficient (Wildman–Crippen LogP) is 3.54. The molecule has 0 amide bonds. The molecule has 2 aliphatic rings. The zero-order chi connectivity index (χ0) is 19.6. The minimum Gasteiger partial charge on any atom is -0.341 e. The van der Waals surface area contributed by atoms with Crippen molar-refractivity contribution < 1.29 is 4.39 Å². The van der Waals surface area contributed by atoms with Gasteiger partial charge in [-0.15, -0.1) is 0 Å². The third-order valence-corrected chi connectivity index (χ3v) is 5.55. The van der Waals surface area contributed by atoms with Crippen molar-refractivity contribution in [1.29, 1.82) is 0 Å². The summed E-state index contributed by atoms with van der Waals surface area (Å²) >= 11 is 0. The first-order valence-corrected chi connectivity index (χ1v) is 10.2. The fraction of sp³-hybridized carbons (Fsp3) is 0.364. The molecule has 6 nitrogen and oxygen atoms in total. The van der Waals surface area contributed by atoms with Gasteiger partial charge < -0.3 is 4.98 Å².